The van der Waals surface area contributed by atoms with Crippen molar-refractivity contribution in [1.82, 2.24) is 4.83 Å². The van der Waals surface area contributed by atoms with Gasteiger partial charge in [-0.15, -0.1) is 6.58 Å². The average Bonchev–Trinajstić information content (AvgIpc) is 2.54. The number of benzene rings is 2. The fourth-order valence-corrected chi connectivity index (χ4v) is 2.87. The van der Waals surface area contributed by atoms with E-state index < -0.39 is 10.0 Å². The van der Waals surface area contributed by atoms with E-state index in [1.165, 1.54) is 6.21 Å². The molecule has 5 heteroatoms. The van der Waals surface area contributed by atoms with Crippen molar-refractivity contribution in [3.63, 3.8) is 0 Å². The van der Waals surface area contributed by atoms with Crippen molar-refractivity contribution >= 4 is 16.2 Å². The molecule has 2 aromatic rings. The monoisotopic (exact) mass is 328 g/mol. The molecule has 0 aliphatic heterocycles. The Morgan fingerprint density at radius 1 is 1.13 bits per heavy atom. The zero-order chi connectivity index (χ0) is 16.7. The minimum Gasteiger partial charge on any atom is -0.200 e. The van der Waals surface area contributed by atoms with Crippen molar-refractivity contribution in [2.75, 3.05) is 0 Å². The molecule has 2 aromatic carbocycles. The highest BCUT2D eigenvalue weighted by atomic mass is 32.2. The van der Waals surface area contributed by atoms with E-state index in [9.17, 15) is 8.42 Å². The molecule has 0 spiro atoms. The van der Waals surface area contributed by atoms with Crippen molar-refractivity contribution in [2.45, 2.75) is 24.7 Å². The molecule has 120 valence electrons. The summed E-state index contributed by atoms with van der Waals surface area (Å²) in [6.07, 6.45) is 5.09. The summed E-state index contributed by atoms with van der Waals surface area (Å²) in [5.74, 6) is 0. The number of hydrogen-bond donors (Lipinski definition) is 1. The Morgan fingerprint density at radius 3 is 2.52 bits per heavy atom. The van der Waals surface area contributed by atoms with Crippen LogP contribution < -0.4 is 4.83 Å². The van der Waals surface area contributed by atoms with Gasteiger partial charge in [0, 0.05) is 0 Å². The van der Waals surface area contributed by atoms with Gasteiger partial charge in [0.15, 0.2) is 0 Å². The maximum Gasteiger partial charge on any atom is 0.276 e. The minimum absolute atomic E-state index is 0.195. The molecule has 2 rings (SSSR count). The number of hydrogen-bond acceptors (Lipinski definition) is 3. The molecule has 23 heavy (non-hydrogen) atoms. The van der Waals surface area contributed by atoms with Crippen LogP contribution in [-0.4, -0.2) is 14.6 Å². The zero-order valence-corrected chi connectivity index (χ0v) is 13.9. The summed E-state index contributed by atoms with van der Waals surface area (Å²) in [7, 11) is -3.64. The van der Waals surface area contributed by atoms with Gasteiger partial charge in [0.1, 0.15) is 0 Å². The van der Waals surface area contributed by atoms with Crippen molar-refractivity contribution in [3.8, 4) is 0 Å². The molecule has 0 bridgehead atoms. The van der Waals surface area contributed by atoms with E-state index in [0.29, 0.717) is 0 Å². The number of hydrazone groups is 1. The second kappa shape index (κ2) is 7.74. The van der Waals surface area contributed by atoms with Gasteiger partial charge in [0.2, 0.25) is 0 Å². The van der Waals surface area contributed by atoms with E-state index in [0.717, 1.165) is 29.5 Å². The Kier molecular flexibility index (Phi) is 5.71. The van der Waals surface area contributed by atoms with Gasteiger partial charge in [-0.1, -0.05) is 48.0 Å². The molecule has 0 aromatic heterocycles. The smallest absolute Gasteiger partial charge is 0.200 e. The average molecular weight is 328 g/mol. The number of rotatable bonds is 7. The number of allylic oxidation sites excluding steroid dienone is 1. The molecule has 0 unspecified atom stereocenters. The molecule has 4 nitrogen and oxygen atoms in total. The van der Waals surface area contributed by atoms with Gasteiger partial charge >= 0.3 is 0 Å². The third-order valence-electron chi connectivity index (χ3n) is 3.38. The Balaban J connectivity index is 2.12. The maximum absolute atomic E-state index is 12.2. The van der Waals surface area contributed by atoms with Gasteiger partial charge in [-0.2, -0.15) is 13.5 Å². The highest BCUT2D eigenvalue weighted by Crippen LogP contribution is 2.11. The Hall–Kier alpha value is -2.40. The summed E-state index contributed by atoms with van der Waals surface area (Å²) in [5.41, 5.74) is 3.00. The second-order valence-corrected chi connectivity index (χ2v) is 6.85. The van der Waals surface area contributed by atoms with E-state index in [1.807, 2.05) is 37.3 Å². The summed E-state index contributed by atoms with van der Waals surface area (Å²) in [6, 6.07) is 14.4. The van der Waals surface area contributed by atoms with Crippen molar-refractivity contribution < 1.29 is 8.42 Å². The molecule has 0 atom stereocenters. The summed E-state index contributed by atoms with van der Waals surface area (Å²) < 4.78 is 24.3. The molecule has 0 radical (unpaired) electrons. The topological polar surface area (TPSA) is 58.5 Å². The van der Waals surface area contributed by atoms with Crippen LogP contribution in [0.25, 0.3) is 0 Å². The van der Waals surface area contributed by atoms with Crippen LogP contribution in [0.3, 0.4) is 0 Å². The fourth-order valence-electron chi connectivity index (χ4n) is 2.08. The summed E-state index contributed by atoms with van der Waals surface area (Å²) in [4.78, 5) is 2.44. The SMILES string of the molecule is C=CCCc1ccccc1C=NNS(=O)(=O)c1ccc(C)cc1. The quantitative estimate of drug-likeness (QED) is 0.481. The predicted octanol–water partition coefficient (Wildman–Crippen LogP) is 3.43. The number of nitrogens with one attached hydrogen (secondary N) is 1. The van der Waals surface area contributed by atoms with Crippen molar-refractivity contribution in [1.29, 1.82) is 0 Å². The highest BCUT2D eigenvalue weighted by Gasteiger charge is 2.11. The first-order chi connectivity index (χ1) is 11.0. The van der Waals surface area contributed by atoms with Gasteiger partial charge in [-0.25, -0.2) is 4.83 Å². The number of aryl methyl sites for hydroxylation is 2. The normalized spacial score (nSPS) is 11.5. The van der Waals surface area contributed by atoms with Gasteiger partial charge < -0.3 is 0 Å². The molecule has 0 fully saturated rings. The third kappa shape index (κ3) is 4.79. The van der Waals surface area contributed by atoms with E-state index >= 15 is 0 Å². The standard InChI is InChI=1S/C18H20N2O2S/c1-3-4-7-16-8-5-6-9-17(16)14-19-20-23(21,22)18-12-10-15(2)11-13-18/h3,5-6,8-14,20H,1,4,7H2,2H3. The van der Waals surface area contributed by atoms with Gasteiger partial charge in [-0.05, 0) is 43.0 Å². The largest absolute Gasteiger partial charge is 0.276 e. The molecule has 0 saturated heterocycles. The van der Waals surface area contributed by atoms with Crippen LogP contribution >= 0.6 is 0 Å². The summed E-state index contributed by atoms with van der Waals surface area (Å²) >= 11 is 0. The van der Waals surface area contributed by atoms with Crippen LogP contribution in [0.4, 0.5) is 0 Å². The number of sulfonamides is 1. The van der Waals surface area contributed by atoms with Crippen LogP contribution in [0.5, 0.6) is 0 Å². The first-order valence-corrected chi connectivity index (χ1v) is 8.81. The molecule has 0 saturated carbocycles. The van der Waals surface area contributed by atoms with Crippen molar-refractivity contribution in [3.05, 3.63) is 77.9 Å². The Bertz CT molecular complexity index is 794. The van der Waals surface area contributed by atoms with E-state index in [4.69, 9.17) is 0 Å². The predicted molar refractivity (Wildman–Crippen MR) is 94.1 cm³/mol. The lowest BCUT2D eigenvalue weighted by Crippen LogP contribution is -2.18. The van der Waals surface area contributed by atoms with Gasteiger partial charge in [0.25, 0.3) is 10.0 Å². The molecule has 0 aliphatic rings. The third-order valence-corrected chi connectivity index (χ3v) is 4.62. The summed E-state index contributed by atoms with van der Waals surface area (Å²) in [5, 5.41) is 3.89. The molecular formula is C18H20N2O2S. The van der Waals surface area contributed by atoms with Crippen LogP contribution in [-0.2, 0) is 16.4 Å². The summed E-state index contributed by atoms with van der Waals surface area (Å²) in [6.45, 7) is 5.62. The van der Waals surface area contributed by atoms with Crippen LogP contribution in [0.2, 0.25) is 0 Å². The van der Waals surface area contributed by atoms with Gasteiger partial charge in [0.05, 0.1) is 11.1 Å². The highest BCUT2D eigenvalue weighted by molar-refractivity contribution is 7.89. The van der Waals surface area contributed by atoms with Crippen LogP contribution in [0.15, 0.2) is 71.2 Å². The first kappa shape index (κ1) is 17.0. The fraction of sp³-hybridized carbons (Fsp3) is 0.167. The molecule has 0 aliphatic carbocycles. The second-order valence-electron chi connectivity index (χ2n) is 5.19. The maximum atomic E-state index is 12.2. The molecule has 0 heterocycles. The van der Waals surface area contributed by atoms with E-state index in [2.05, 4.69) is 16.5 Å². The lowest BCUT2D eigenvalue weighted by molar-refractivity contribution is 0.584. The lowest BCUT2D eigenvalue weighted by Gasteiger charge is -2.05. The molecular weight excluding hydrogens is 308 g/mol. The Morgan fingerprint density at radius 2 is 1.83 bits per heavy atom. The molecule has 0 amide bonds. The minimum atomic E-state index is -3.64. The van der Waals surface area contributed by atoms with Crippen LogP contribution in [0.1, 0.15) is 23.1 Å². The van der Waals surface area contributed by atoms with E-state index in [1.54, 1.807) is 24.3 Å². The molecule has 1 N–H and O–H groups in total. The lowest BCUT2D eigenvalue weighted by atomic mass is 10.0. The van der Waals surface area contributed by atoms with Crippen LogP contribution in [0, 0.1) is 6.92 Å². The Labute approximate surface area is 137 Å². The van der Waals surface area contributed by atoms with Gasteiger partial charge in [-0.3, -0.25) is 0 Å². The zero-order valence-electron chi connectivity index (χ0n) is 13.1. The van der Waals surface area contributed by atoms with Crippen molar-refractivity contribution in [2.24, 2.45) is 5.10 Å². The number of nitrogens with zero attached hydrogens (tertiary/aromatic N) is 1. The van der Waals surface area contributed by atoms with E-state index in [-0.39, 0.29) is 4.90 Å². The first-order valence-electron chi connectivity index (χ1n) is 7.33.